The maximum atomic E-state index is 11.4. The van der Waals surface area contributed by atoms with E-state index in [0.717, 1.165) is 37.6 Å². The largest absolute Gasteiger partial charge is 0.481 e. The quantitative estimate of drug-likeness (QED) is 0.395. The number of likely N-dealkylation sites (tertiary alicyclic amines) is 1. The summed E-state index contributed by atoms with van der Waals surface area (Å²) in [6.07, 6.45) is 9.61. The smallest absolute Gasteiger partial charge is 0.303 e. The van der Waals surface area contributed by atoms with Crippen molar-refractivity contribution in [1.29, 1.82) is 0 Å². The lowest BCUT2D eigenvalue weighted by atomic mass is 9.82. The minimum Gasteiger partial charge on any atom is -0.481 e. The predicted molar refractivity (Wildman–Crippen MR) is 127 cm³/mol. The second-order valence-corrected chi connectivity index (χ2v) is 10.3. The number of carboxylic acids is 1. The van der Waals surface area contributed by atoms with Gasteiger partial charge in [-0.05, 0) is 80.4 Å². The summed E-state index contributed by atoms with van der Waals surface area (Å²) < 4.78 is 0. The minimum absolute atomic E-state index is 0.287. The lowest BCUT2D eigenvalue weighted by molar-refractivity contribution is -0.138. The maximum Gasteiger partial charge on any atom is 0.303 e. The van der Waals surface area contributed by atoms with Crippen LogP contribution < -0.4 is 0 Å². The predicted octanol–water partition coefficient (Wildman–Crippen LogP) is 7.11. The van der Waals surface area contributed by atoms with Crippen molar-refractivity contribution >= 4 is 5.97 Å². The average molecular weight is 416 g/mol. The zero-order valence-electron chi connectivity index (χ0n) is 20.1. The molecule has 3 heteroatoms. The summed E-state index contributed by atoms with van der Waals surface area (Å²) in [4.78, 5) is 14.1. The van der Waals surface area contributed by atoms with Gasteiger partial charge in [-0.25, -0.2) is 0 Å². The van der Waals surface area contributed by atoms with Crippen molar-refractivity contribution in [1.82, 2.24) is 4.90 Å². The van der Waals surface area contributed by atoms with Gasteiger partial charge < -0.3 is 5.11 Å². The molecule has 2 rings (SSSR count). The van der Waals surface area contributed by atoms with E-state index in [1.165, 1.54) is 43.2 Å². The Kier molecular flexibility index (Phi) is 10.4. The number of aryl methyl sites for hydroxylation is 1. The molecule has 170 valence electrons. The van der Waals surface area contributed by atoms with Crippen LogP contribution in [0.3, 0.4) is 0 Å². The van der Waals surface area contributed by atoms with Crippen molar-refractivity contribution in [3.63, 3.8) is 0 Å². The van der Waals surface area contributed by atoms with Crippen LogP contribution in [0.2, 0.25) is 0 Å². The Morgan fingerprint density at radius 2 is 1.63 bits per heavy atom. The Balaban J connectivity index is 2.25. The van der Waals surface area contributed by atoms with E-state index >= 15 is 0 Å². The number of nitrogens with zero attached hydrogens (tertiary/aromatic N) is 1. The Morgan fingerprint density at radius 1 is 1.03 bits per heavy atom. The van der Waals surface area contributed by atoms with E-state index in [4.69, 9.17) is 0 Å². The van der Waals surface area contributed by atoms with Gasteiger partial charge in [0, 0.05) is 18.5 Å². The van der Waals surface area contributed by atoms with Gasteiger partial charge in [-0.1, -0.05) is 65.3 Å². The van der Waals surface area contributed by atoms with E-state index in [2.05, 4.69) is 63.8 Å². The van der Waals surface area contributed by atoms with Crippen LogP contribution in [0, 0.1) is 17.8 Å². The van der Waals surface area contributed by atoms with Crippen molar-refractivity contribution in [2.75, 3.05) is 6.54 Å². The fourth-order valence-corrected chi connectivity index (χ4v) is 4.98. The highest BCUT2D eigenvalue weighted by Gasteiger charge is 2.34. The summed E-state index contributed by atoms with van der Waals surface area (Å²) in [6, 6.07) is 10.1. The highest BCUT2D eigenvalue weighted by Crippen LogP contribution is 2.39. The van der Waals surface area contributed by atoms with Crippen LogP contribution in [-0.4, -0.2) is 28.6 Å². The van der Waals surface area contributed by atoms with E-state index < -0.39 is 5.97 Å². The second-order valence-electron chi connectivity index (χ2n) is 10.3. The van der Waals surface area contributed by atoms with Crippen LogP contribution in [-0.2, 0) is 11.2 Å². The normalized spacial score (nSPS) is 20.4. The number of benzene rings is 1. The molecule has 1 aromatic rings. The maximum absolute atomic E-state index is 11.4. The molecular formula is C27H45NO2. The fraction of sp³-hybridized carbons (Fsp3) is 0.741. The number of rotatable bonds is 12. The van der Waals surface area contributed by atoms with Gasteiger partial charge in [0.05, 0.1) is 0 Å². The lowest BCUT2D eigenvalue weighted by Gasteiger charge is -2.44. The molecule has 0 radical (unpaired) electrons. The Labute approximate surface area is 185 Å². The molecule has 2 atom stereocenters. The Bertz CT molecular complexity index is 610. The Hall–Kier alpha value is -1.35. The summed E-state index contributed by atoms with van der Waals surface area (Å²) >= 11 is 0. The van der Waals surface area contributed by atoms with Gasteiger partial charge in [-0.15, -0.1) is 0 Å². The van der Waals surface area contributed by atoms with Crippen molar-refractivity contribution in [3.8, 4) is 0 Å². The highest BCUT2D eigenvalue weighted by atomic mass is 16.4. The van der Waals surface area contributed by atoms with Crippen molar-refractivity contribution < 1.29 is 9.90 Å². The van der Waals surface area contributed by atoms with Crippen molar-refractivity contribution in [2.45, 2.75) is 104 Å². The summed E-state index contributed by atoms with van der Waals surface area (Å²) in [7, 11) is 0. The topological polar surface area (TPSA) is 40.5 Å². The van der Waals surface area contributed by atoms with Crippen LogP contribution in [0.1, 0.15) is 103 Å². The number of aliphatic carboxylic acids is 1. The van der Waals surface area contributed by atoms with Gasteiger partial charge in [0.25, 0.3) is 0 Å². The van der Waals surface area contributed by atoms with Gasteiger partial charge in [0.1, 0.15) is 0 Å². The first-order chi connectivity index (χ1) is 14.3. The molecule has 1 saturated heterocycles. The van der Waals surface area contributed by atoms with Gasteiger partial charge >= 0.3 is 5.97 Å². The molecular weight excluding hydrogens is 370 g/mol. The zero-order chi connectivity index (χ0) is 22.1. The molecule has 0 aromatic heterocycles. The van der Waals surface area contributed by atoms with Crippen LogP contribution in [0.5, 0.6) is 0 Å². The van der Waals surface area contributed by atoms with Crippen LogP contribution in [0.25, 0.3) is 0 Å². The number of carbonyl (C=O) groups is 1. The van der Waals surface area contributed by atoms with E-state index in [1.54, 1.807) is 0 Å². The summed E-state index contributed by atoms with van der Waals surface area (Å²) in [5.41, 5.74) is 2.78. The number of carboxylic acid groups (broad SMARTS) is 1. The third-order valence-corrected chi connectivity index (χ3v) is 6.74. The molecule has 0 amide bonds. The first kappa shape index (κ1) is 24.9. The van der Waals surface area contributed by atoms with E-state index in [-0.39, 0.29) is 5.92 Å². The highest BCUT2D eigenvalue weighted by molar-refractivity contribution is 5.67. The van der Waals surface area contributed by atoms with E-state index in [0.29, 0.717) is 18.5 Å². The molecule has 0 unspecified atom stereocenters. The molecule has 1 heterocycles. The van der Waals surface area contributed by atoms with Gasteiger partial charge in [0.15, 0.2) is 0 Å². The van der Waals surface area contributed by atoms with Crippen molar-refractivity contribution in [2.24, 2.45) is 17.8 Å². The summed E-state index contributed by atoms with van der Waals surface area (Å²) in [5.74, 6) is 1.09. The monoisotopic (exact) mass is 415 g/mol. The third-order valence-electron chi connectivity index (χ3n) is 6.74. The molecule has 1 aliphatic rings. The van der Waals surface area contributed by atoms with E-state index in [1.807, 2.05) is 0 Å². The Morgan fingerprint density at radius 3 is 2.13 bits per heavy atom. The van der Waals surface area contributed by atoms with Crippen LogP contribution in [0.4, 0.5) is 0 Å². The molecule has 1 aliphatic heterocycles. The molecule has 0 aliphatic carbocycles. The van der Waals surface area contributed by atoms with E-state index in [9.17, 15) is 9.90 Å². The first-order valence-corrected chi connectivity index (χ1v) is 12.4. The average Bonchev–Trinajstić information content (AvgIpc) is 2.68. The molecule has 1 N–H and O–H groups in total. The first-order valence-electron chi connectivity index (χ1n) is 12.4. The molecule has 0 spiro atoms. The molecule has 30 heavy (non-hydrogen) atoms. The fourth-order valence-electron chi connectivity index (χ4n) is 4.98. The van der Waals surface area contributed by atoms with Gasteiger partial charge in [-0.3, -0.25) is 9.69 Å². The van der Waals surface area contributed by atoms with Gasteiger partial charge in [-0.2, -0.15) is 0 Å². The van der Waals surface area contributed by atoms with Gasteiger partial charge in [0.2, 0.25) is 0 Å². The molecule has 1 aromatic carbocycles. The molecule has 1 fully saturated rings. The van der Waals surface area contributed by atoms with Crippen molar-refractivity contribution in [3.05, 3.63) is 35.4 Å². The molecule has 0 saturated carbocycles. The zero-order valence-corrected chi connectivity index (χ0v) is 20.1. The number of hydrogen-bond acceptors (Lipinski definition) is 2. The number of hydrogen-bond donors (Lipinski definition) is 1. The molecule has 3 nitrogen and oxygen atoms in total. The van der Waals surface area contributed by atoms with Crippen LogP contribution in [0.15, 0.2) is 24.3 Å². The lowest BCUT2D eigenvalue weighted by Crippen LogP contribution is -2.44. The minimum atomic E-state index is -0.651. The SMILES string of the molecule is CCCc1ccc([C@@H]2C[C@H](CC(=O)O)CCN2C(CCC(C)C)CCC(C)C)cc1. The summed E-state index contributed by atoms with van der Waals surface area (Å²) in [5, 5.41) is 9.37. The molecule has 0 bridgehead atoms. The van der Waals surface area contributed by atoms with Crippen LogP contribution >= 0.6 is 0 Å². The summed E-state index contributed by atoms with van der Waals surface area (Å²) in [6.45, 7) is 12.5. The number of piperidine rings is 1. The third kappa shape index (κ3) is 8.06. The second kappa shape index (κ2) is 12.5. The standard InChI is InChI=1S/C27H45NO2/c1-6-7-22-10-12-24(13-11-22)26-18-23(19-27(29)30)16-17-28(26)25(14-8-20(2)3)15-9-21(4)5/h10-13,20-21,23,25-26H,6-9,14-19H2,1-5H3,(H,29,30)/t23-,26+/m1/s1.